The Kier molecular flexibility index (Phi) is 4.49. The smallest absolute Gasteiger partial charge is 0.263 e. The third-order valence-electron chi connectivity index (χ3n) is 3.28. The second kappa shape index (κ2) is 6.55. The fourth-order valence-corrected chi connectivity index (χ4v) is 4.29. The molecule has 7 heteroatoms. The number of rotatable bonds is 5. The van der Waals surface area contributed by atoms with E-state index in [1.165, 1.54) is 0 Å². The lowest BCUT2D eigenvalue weighted by Crippen LogP contribution is -2.15. The van der Waals surface area contributed by atoms with Gasteiger partial charge in [-0.25, -0.2) is 8.42 Å². The molecule has 0 bridgehead atoms. The van der Waals surface area contributed by atoms with Gasteiger partial charge in [-0.1, -0.05) is 30.3 Å². The summed E-state index contributed by atoms with van der Waals surface area (Å²) < 4.78 is 30.2. The fraction of sp³-hybridized carbons (Fsp3) is 0.0625. The molecule has 0 aliphatic heterocycles. The first kappa shape index (κ1) is 15.8. The summed E-state index contributed by atoms with van der Waals surface area (Å²) in [5.41, 5.74) is 1.38. The largest absolute Gasteiger partial charge is 0.279 e. The second-order valence-electron chi connectivity index (χ2n) is 4.90. The maximum absolute atomic E-state index is 12.6. The van der Waals surface area contributed by atoms with Gasteiger partial charge in [0.05, 0.1) is 12.2 Å². The van der Waals surface area contributed by atoms with Crippen LogP contribution < -0.4 is 4.72 Å². The fourth-order valence-electron chi connectivity index (χ4n) is 2.19. The summed E-state index contributed by atoms with van der Waals surface area (Å²) in [7, 11) is -3.67. The molecule has 0 saturated carbocycles. The van der Waals surface area contributed by atoms with Gasteiger partial charge in [-0.2, -0.15) is 5.10 Å². The highest BCUT2D eigenvalue weighted by Crippen LogP contribution is 2.25. The molecule has 3 aromatic rings. The maximum Gasteiger partial charge on any atom is 0.263 e. The Morgan fingerprint density at radius 2 is 1.78 bits per heavy atom. The van der Waals surface area contributed by atoms with Crippen molar-refractivity contribution < 1.29 is 8.42 Å². The molecule has 0 spiro atoms. The van der Waals surface area contributed by atoms with Crippen molar-refractivity contribution in [2.24, 2.45) is 0 Å². The molecule has 0 fully saturated rings. The lowest BCUT2D eigenvalue weighted by molar-refractivity contribution is 0.600. The highest BCUT2D eigenvalue weighted by atomic mass is 79.9. The number of nitrogens with zero attached hydrogens (tertiary/aromatic N) is 2. The zero-order valence-electron chi connectivity index (χ0n) is 12.1. The van der Waals surface area contributed by atoms with Crippen LogP contribution >= 0.6 is 15.9 Å². The molecule has 1 heterocycles. The summed E-state index contributed by atoms with van der Waals surface area (Å²) in [5.74, 6) is 0. The van der Waals surface area contributed by atoms with Crippen molar-refractivity contribution >= 4 is 31.6 Å². The number of hydrogen-bond acceptors (Lipinski definition) is 3. The summed E-state index contributed by atoms with van der Waals surface area (Å²) in [6.45, 7) is 0.488. The van der Waals surface area contributed by atoms with Crippen LogP contribution in [0.15, 0.2) is 76.4 Å². The van der Waals surface area contributed by atoms with E-state index in [2.05, 4.69) is 25.8 Å². The van der Waals surface area contributed by atoms with Crippen LogP contribution in [-0.4, -0.2) is 18.2 Å². The Morgan fingerprint density at radius 3 is 2.52 bits per heavy atom. The average molecular weight is 392 g/mol. The van der Waals surface area contributed by atoms with Gasteiger partial charge < -0.3 is 0 Å². The van der Waals surface area contributed by atoms with E-state index in [0.29, 0.717) is 16.7 Å². The quantitative estimate of drug-likeness (QED) is 0.723. The average Bonchev–Trinajstić information content (AvgIpc) is 3.02. The van der Waals surface area contributed by atoms with Crippen LogP contribution in [0.2, 0.25) is 0 Å². The van der Waals surface area contributed by atoms with Gasteiger partial charge >= 0.3 is 0 Å². The highest BCUT2D eigenvalue weighted by Gasteiger charge is 2.18. The summed E-state index contributed by atoms with van der Waals surface area (Å²) >= 11 is 3.28. The van der Waals surface area contributed by atoms with Gasteiger partial charge in [-0.05, 0) is 45.8 Å². The lowest BCUT2D eigenvalue weighted by atomic mass is 10.2. The molecule has 0 amide bonds. The number of halogens is 1. The minimum atomic E-state index is -3.67. The summed E-state index contributed by atoms with van der Waals surface area (Å²) in [5, 5.41) is 4.15. The van der Waals surface area contributed by atoms with Crippen LogP contribution in [0, 0.1) is 0 Å². The van der Waals surface area contributed by atoms with E-state index in [1.54, 1.807) is 47.3 Å². The van der Waals surface area contributed by atoms with Crippen molar-refractivity contribution in [2.75, 3.05) is 4.72 Å². The van der Waals surface area contributed by atoms with Crippen LogP contribution in [0.5, 0.6) is 0 Å². The normalized spacial score (nSPS) is 11.3. The lowest BCUT2D eigenvalue weighted by Gasteiger charge is -2.13. The zero-order valence-corrected chi connectivity index (χ0v) is 14.5. The number of nitrogens with one attached hydrogen (secondary N) is 1. The first-order valence-electron chi connectivity index (χ1n) is 6.89. The van der Waals surface area contributed by atoms with Crippen molar-refractivity contribution in [1.29, 1.82) is 0 Å². The molecule has 2 aromatic carbocycles. The highest BCUT2D eigenvalue weighted by molar-refractivity contribution is 9.10. The summed E-state index contributed by atoms with van der Waals surface area (Å²) in [6.07, 6.45) is 3.52. The van der Waals surface area contributed by atoms with E-state index in [1.807, 2.05) is 24.4 Å². The second-order valence-corrected chi connectivity index (χ2v) is 7.40. The van der Waals surface area contributed by atoms with Gasteiger partial charge in [0.2, 0.25) is 0 Å². The van der Waals surface area contributed by atoms with Crippen LogP contribution in [0.1, 0.15) is 5.56 Å². The number of anilines is 1. The molecule has 0 atom stereocenters. The molecule has 5 nitrogen and oxygen atoms in total. The Morgan fingerprint density at radius 1 is 1.04 bits per heavy atom. The molecule has 0 radical (unpaired) electrons. The van der Waals surface area contributed by atoms with E-state index in [0.717, 1.165) is 5.56 Å². The first-order chi connectivity index (χ1) is 11.1. The SMILES string of the molecule is O=S(=O)(Nc1ccccc1Cn1cccn1)c1ccccc1Br. The van der Waals surface area contributed by atoms with Crippen molar-refractivity contribution in [3.05, 3.63) is 77.0 Å². The topological polar surface area (TPSA) is 64.0 Å². The Balaban J connectivity index is 1.93. The van der Waals surface area contributed by atoms with Gasteiger partial charge in [0.1, 0.15) is 4.90 Å². The van der Waals surface area contributed by atoms with Crippen molar-refractivity contribution in [2.45, 2.75) is 11.4 Å². The molecule has 23 heavy (non-hydrogen) atoms. The van der Waals surface area contributed by atoms with Crippen LogP contribution in [0.25, 0.3) is 0 Å². The summed E-state index contributed by atoms with van der Waals surface area (Å²) in [6, 6.07) is 15.8. The van der Waals surface area contributed by atoms with Gasteiger partial charge in [0, 0.05) is 16.9 Å². The molecule has 1 aromatic heterocycles. The van der Waals surface area contributed by atoms with Gasteiger partial charge in [-0.15, -0.1) is 0 Å². The third-order valence-corrected chi connectivity index (χ3v) is 5.66. The zero-order chi connectivity index (χ0) is 16.3. The minimum absolute atomic E-state index is 0.203. The van der Waals surface area contributed by atoms with E-state index in [9.17, 15) is 8.42 Å². The molecular weight excluding hydrogens is 378 g/mol. The molecule has 3 rings (SSSR count). The molecule has 1 N–H and O–H groups in total. The van der Waals surface area contributed by atoms with Crippen LogP contribution in [-0.2, 0) is 16.6 Å². The number of aromatic nitrogens is 2. The molecule has 118 valence electrons. The van der Waals surface area contributed by atoms with Crippen molar-refractivity contribution in [1.82, 2.24) is 9.78 Å². The predicted molar refractivity (Wildman–Crippen MR) is 92.7 cm³/mol. The third kappa shape index (κ3) is 3.62. The monoisotopic (exact) mass is 391 g/mol. The first-order valence-corrected chi connectivity index (χ1v) is 9.16. The van der Waals surface area contributed by atoms with E-state index in [4.69, 9.17) is 0 Å². The molecule has 0 aliphatic carbocycles. The van der Waals surface area contributed by atoms with E-state index < -0.39 is 10.0 Å². The maximum atomic E-state index is 12.6. The van der Waals surface area contributed by atoms with Crippen molar-refractivity contribution in [3.8, 4) is 0 Å². The van der Waals surface area contributed by atoms with Gasteiger partial charge in [0.25, 0.3) is 10.0 Å². The number of benzene rings is 2. The minimum Gasteiger partial charge on any atom is -0.279 e. The standard InChI is InChI=1S/C16H14BrN3O2S/c17-14-7-2-4-9-16(14)23(21,22)19-15-8-3-1-6-13(15)12-20-11-5-10-18-20/h1-11,19H,12H2. The molecule has 0 aliphatic rings. The number of para-hydroxylation sites is 1. The molecule has 0 saturated heterocycles. The Hall–Kier alpha value is -2.12. The number of hydrogen-bond donors (Lipinski definition) is 1. The Bertz CT molecular complexity index is 909. The molecular formula is C16H14BrN3O2S. The van der Waals surface area contributed by atoms with Gasteiger partial charge in [0.15, 0.2) is 0 Å². The molecule has 0 unspecified atom stereocenters. The van der Waals surface area contributed by atoms with Crippen molar-refractivity contribution in [3.63, 3.8) is 0 Å². The number of sulfonamides is 1. The summed E-state index contributed by atoms with van der Waals surface area (Å²) in [4.78, 5) is 0.203. The van der Waals surface area contributed by atoms with Crippen LogP contribution in [0.3, 0.4) is 0 Å². The predicted octanol–water partition coefficient (Wildman–Crippen LogP) is 3.49. The Labute approximate surface area is 143 Å². The van der Waals surface area contributed by atoms with Crippen LogP contribution in [0.4, 0.5) is 5.69 Å². The van der Waals surface area contributed by atoms with Gasteiger partial charge in [-0.3, -0.25) is 9.40 Å². The van der Waals surface area contributed by atoms with E-state index in [-0.39, 0.29) is 4.90 Å². The van der Waals surface area contributed by atoms with E-state index >= 15 is 0 Å².